The van der Waals surface area contributed by atoms with Crippen molar-refractivity contribution in [2.75, 3.05) is 7.11 Å². The predicted octanol–water partition coefficient (Wildman–Crippen LogP) is 4.67. The van der Waals surface area contributed by atoms with Gasteiger partial charge in [-0.2, -0.15) is 0 Å². The number of carbonyl (C=O) groups is 1. The molecule has 1 amide bonds. The standard InChI is InChI=1S/C25H29N3O3S/c1-15-5-4-6-21(16(15)2)26-23(29)18-9-12-20-22(13-18)27-25(32)28(24(20)30)14-17-7-10-19(31-3)11-8-17/h7-13,15-16,21H,4-6,14H2,1-3H3,(H,26,29)(H,27,32)/t15-,16-,21-/m1/s1. The van der Waals surface area contributed by atoms with E-state index in [9.17, 15) is 9.59 Å². The highest BCUT2D eigenvalue weighted by molar-refractivity contribution is 7.71. The van der Waals surface area contributed by atoms with Crippen LogP contribution in [0.5, 0.6) is 5.75 Å². The van der Waals surface area contributed by atoms with Gasteiger partial charge < -0.3 is 15.0 Å². The summed E-state index contributed by atoms with van der Waals surface area (Å²) >= 11 is 5.47. The van der Waals surface area contributed by atoms with Crippen molar-refractivity contribution in [1.29, 1.82) is 0 Å². The van der Waals surface area contributed by atoms with Crippen molar-refractivity contribution in [3.05, 3.63) is 68.7 Å². The number of benzene rings is 2. The maximum absolute atomic E-state index is 13.1. The summed E-state index contributed by atoms with van der Waals surface area (Å²) in [5, 5.41) is 3.69. The summed E-state index contributed by atoms with van der Waals surface area (Å²) in [6.07, 6.45) is 3.35. The fourth-order valence-corrected chi connectivity index (χ4v) is 4.75. The van der Waals surface area contributed by atoms with Crippen molar-refractivity contribution in [3.63, 3.8) is 0 Å². The van der Waals surface area contributed by atoms with Crippen molar-refractivity contribution >= 4 is 29.0 Å². The topological polar surface area (TPSA) is 76.1 Å². The number of carbonyl (C=O) groups excluding carboxylic acids is 1. The minimum Gasteiger partial charge on any atom is -0.497 e. The van der Waals surface area contributed by atoms with Gasteiger partial charge in [0.15, 0.2) is 4.77 Å². The summed E-state index contributed by atoms with van der Waals surface area (Å²) in [6.45, 7) is 4.81. The van der Waals surface area contributed by atoms with Crippen molar-refractivity contribution in [1.82, 2.24) is 14.9 Å². The molecule has 1 aromatic heterocycles. The van der Waals surface area contributed by atoms with E-state index in [0.29, 0.717) is 39.6 Å². The smallest absolute Gasteiger partial charge is 0.262 e. The van der Waals surface area contributed by atoms with Gasteiger partial charge in [-0.3, -0.25) is 14.2 Å². The zero-order valence-electron chi connectivity index (χ0n) is 18.7. The second kappa shape index (κ2) is 9.28. The molecule has 2 N–H and O–H groups in total. The molecular weight excluding hydrogens is 422 g/mol. The van der Waals surface area contributed by atoms with E-state index in [1.807, 2.05) is 24.3 Å². The number of rotatable bonds is 5. The molecule has 2 aromatic carbocycles. The van der Waals surface area contributed by atoms with Crippen molar-refractivity contribution < 1.29 is 9.53 Å². The third kappa shape index (κ3) is 4.48. The zero-order chi connectivity index (χ0) is 22.8. The van der Waals surface area contributed by atoms with Gasteiger partial charge in [-0.25, -0.2) is 0 Å². The molecule has 0 radical (unpaired) electrons. The molecule has 0 unspecified atom stereocenters. The minimum atomic E-state index is -0.179. The van der Waals surface area contributed by atoms with Crippen LogP contribution >= 0.6 is 12.2 Å². The molecule has 1 aliphatic carbocycles. The summed E-state index contributed by atoms with van der Waals surface area (Å²) in [6, 6.07) is 12.8. The van der Waals surface area contributed by atoms with Crippen molar-refractivity contribution in [2.24, 2.45) is 11.8 Å². The van der Waals surface area contributed by atoms with Crippen molar-refractivity contribution in [3.8, 4) is 5.75 Å². The second-order valence-electron chi connectivity index (χ2n) is 8.78. The Morgan fingerprint density at radius 2 is 1.94 bits per heavy atom. The largest absolute Gasteiger partial charge is 0.497 e. The highest BCUT2D eigenvalue weighted by atomic mass is 32.1. The Kier molecular flexibility index (Phi) is 6.46. The Morgan fingerprint density at radius 3 is 2.66 bits per heavy atom. The number of nitrogens with one attached hydrogen (secondary N) is 2. The first-order valence-electron chi connectivity index (χ1n) is 11.1. The molecule has 0 aliphatic heterocycles. The molecule has 0 saturated heterocycles. The van der Waals surface area contributed by atoms with E-state index in [4.69, 9.17) is 17.0 Å². The van der Waals surface area contributed by atoms with E-state index in [1.54, 1.807) is 25.3 Å². The number of methoxy groups -OCH3 is 1. The Bertz CT molecular complexity index is 1250. The Hall–Kier alpha value is -2.93. The molecule has 7 heteroatoms. The van der Waals surface area contributed by atoms with Crippen LogP contribution in [0.25, 0.3) is 10.9 Å². The van der Waals surface area contributed by atoms with Crippen LogP contribution in [0.15, 0.2) is 47.3 Å². The lowest BCUT2D eigenvalue weighted by molar-refractivity contribution is 0.0891. The summed E-state index contributed by atoms with van der Waals surface area (Å²) < 4.78 is 7.04. The highest BCUT2D eigenvalue weighted by Crippen LogP contribution is 2.29. The molecule has 1 heterocycles. The Balaban J connectivity index is 1.59. The van der Waals surface area contributed by atoms with Crippen LogP contribution in [0.1, 0.15) is 49.0 Å². The fraction of sp³-hybridized carbons (Fsp3) is 0.400. The number of H-pyrrole nitrogens is 1. The number of hydrogen-bond acceptors (Lipinski definition) is 4. The van der Waals surface area contributed by atoms with E-state index < -0.39 is 0 Å². The third-order valence-electron chi connectivity index (χ3n) is 6.77. The number of aromatic amines is 1. The van der Waals surface area contributed by atoms with E-state index >= 15 is 0 Å². The number of ether oxygens (including phenoxy) is 1. The van der Waals surface area contributed by atoms with Gasteiger partial charge in [0.1, 0.15) is 5.75 Å². The Labute approximate surface area is 192 Å². The molecule has 168 valence electrons. The lowest BCUT2D eigenvalue weighted by Crippen LogP contribution is -2.43. The first-order chi connectivity index (χ1) is 15.4. The SMILES string of the molecule is COc1ccc(Cn2c(=S)[nH]c3cc(C(=O)N[C@@H]4CCC[C@@H](C)[C@H]4C)ccc3c2=O)cc1. The molecule has 3 aromatic rings. The van der Waals surface area contributed by atoms with E-state index in [2.05, 4.69) is 24.1 Å². The molecule has 0 spiro atoms. The Morgan fingerprint density at radius 1 is 1.19 bits per heavy atom. The number of fused-ring (bicyclic) bond motifs is 1. The van der Waals surface area contributed by atoms with Crippen LogP contribution in [0.2, 0.25) is 0 Å². The van der Waals surface area contributed by atoms with Crippen LogP contribution in [0, 0.1) is 16.6 Å². The molecule has 0 bridgehead atoms. The van der Waals surface area contributed by atoms with Gasteiger partial charge in [0.2, 0.25) is 0 Å². The lowest BCUT2D eigenvalue weighted by Gasteiger charge is -2.34. The highest BCUT2D eigenvalue weighted by Gasteiger charge is 2.28. The molecule has 1 aliphatic rings. The van der Waals surface area contributed by atoms with Gasteiger partial charge in [-0.1, -0.05) is 38.8 Å². The van der Waals surface area contributed by atoms with E-state index in [1.165, 1.54) is 11.0 Å². The maximum atomic E-state index is 13.1. The lowest BCUT2D eigenvalue weighted by atomic mass is 9.78. The van der Waals surface area contributed by atoms with Gasteiger partial charge in [0, 0.05) is 11.6 Å². The van der Waals surface area contributed by atoms with Gasteiger partial charge in [0.25, 0.3) is 11.5 Å². The molecule has 1 saturated carbocycles. The van der Waals surface area contributed by atoms with Crippen LogP contribution in [0.4, 0.5) is 0 Å². The number of aromatic nitrogens is 2. The average molecular weight is 452 g/mol. The molecule has 3 atom stereocenters. The minimum absolute atomic E-state index is 0.112. The van der Waals surface area contributed by atoms with Gasteiger partial charge in [0.05, 0.1) is 24.6 Å². The normalized spacial score (nSPS) is 20.8. The number of amides is 1. The van der Waals surface area contributed by atoms with E-state index in [-0.39, 0.29) is 17.5 Å². The van der Waals surface area contributed by atoms with Gasteiger partial charge >= 0.3 is 0 Å². The van der Waals surface area contributed by atoms with Crippen LogP contribution < -0.4 is 15.6 Å². The monoisotopic (exact) mass is 451 g/mol. The summed E-state index contributed by atoms with van der Waals surface area (Å²) in [7, 11) is 1.62. The van der Waals surface area contributed by atoms with Gasteiger partial charge in [-0.05, 0) is 66.4 Å². The molecule has 32 heavy (non-hydrogen) atoms. The first-order valence-corrected chi connectivity index (χ1v) is 11.5. The average Bonchev–Trinajstić information content (AvgIpc) is 2.79. The summed E-state index contributed by atoms with van der Waals surface area (Å²) in [4.78, 5) is 29.1. The van der Waals surface area contributed by atoms with E-state index in [0.717, 1.165) is 24.2 Å². The number of nitrogens with zero attached hydrogens (tertiary/aromatic N) is 1. The number of hydrogen-bond donors (Lipinski definition) is 2. The maximum Gasteiger partial charge on any atom is 0.262 e. The fourth-order valence-electron chi connectivity index (χ4n) is 4.49. The quantitative estimate of drug-likeness (QED) is 0.553. The first kappa shape index (κ1) is 22.3. The van der Waals surface area contributed by atoms with Gasteiger partial charge in [-0.15, -0.1) is 0 Å². The molecule has 1 fully saturated rings. The third-order valence-corrected chi connectivity index (χ3v) is 7.09. The molecule has 4 rings (SSSR count). The van der Waals surface area contributed by atoms with Crippen molar-refractivity contribution in [2.45, 2.75) is 45.7 Å². The summed E-state index contributed by atoms with van der Waals surface area (Å²) in [5.41, 5.74) is 1.87. The van der Waals surface area contributed by atoms with Crippen LogP contribution in [0.3, 0.4) is 0 Å². The predicted molar refractivity (Wildman–Crippen MR) is 129 cm³/mol. The zero-order valence-corrected chi connectivity index (χ0v) is 19.5. The van der Waals surface area contributed by atoms with Crippen LogP contribution in [-0.2, 0) is 6.54 Å². The second-order valence-corrected chi connectivity index (χ2v) is 9.16. The molecular formula is C25H29N3O3S. The summed E-state index contributed by atoms with van der Waals surface area (Å²) in [5.74, 6) is 1.70. The molecule has 6 nitrogen and oxygen atoms in total. The van der Waals surface area contributed by atoms with Crippen LogP contribution in [-0.4, -0.2) is 28.6 Å².